The van der Waals surface area contributed by atoms with Crippen molar-refractivity contribution in [2.24, 2.45) is 5.41 Å². The van der Waals surface area contributed by atoms with E-state index in [9.17, 15) is 0 Å². The van der Waals surface area contributed by atoms with Gasteiger partial charge in [0.2, 0.25) is 0 Å². The standard InChI is InChI=1S/C15H19N/c1-15(2,3)10-9-12-6-4-8-14-13(12)7-5-11-16-14/h4-8,11H,9-10H2,1-3H3. The molecule has 1 heterocycles. The highest BCUT2D eigenvalue weighted by atomic mass is 14.6. The lowest BCUT2D eigenvalue weighted by molar-refractivity contribution is 0.378. The first kappa shape index (κ1) is 11.1. The number of rotatable bonds is 2. The molecule has 16 heavy (non-hydrogen) atoms. The topological polar surface area (TPSA) is 12.9 Å². The molecule has 1 aromatic carbocycles. The Morgan fingerprint density at radius 1 is 1.06 bits per heavy atom. The zero-order valence-electron chi connectivity index (χ0n) is 10.3. The summed E-state index contributed by atoms with van der Waals surface area (Å²) in [5.74, 6) is 0. The number of fused-ring (bicyclic) bond motifs is 1. The van der Waals surface area contributed by atoms with E-state index in [4.69, 9.17) is 0 Å². The third-order valence-electron chi connectivity index (χ3n) is 2.88. The lowest BCUT2D eigenvalue weighted by Crippen LogP contribution is -2.06. The van der Waals surface area contributed by atoms with Crippen LogP contribution >= 0.6 is 0 Å². The van der Waals surface area contributed by atoms with E-state index in [2.05, 4.69) is 50.0 Å². The fourth-order valence-electron chi connectivity index (χ4n) is 1.89. The average molecular weight is 213 g/mol. The number of benzene rings is 1. The van der Waals surface area contributed by atoms with Crippen molar-refractivity contribution in [3.05, 3.63) is 42.1 Å². The second-order valence-corrected chi connectivity index (χ2v) is 5.55. The van der Waals surface area contributed by atoms with Crippen LogP contribution in [0.3, 0.4) is 0 Å². The van der Waals surface area contributed by atoms with E-state index in [1.54, 1.807) is 0 Å². The Morgan fingerprint density at radius 3 is 2.62 bits per heavy atom. The molecule has 0 aliphatic heterocycles. The number of aromatic nitrogens is 1. The molecule has 0 bridgehead atoms. The number of nitrogens with zero attached hydrogens (tertiary/aromatic N) is 1. The Labute approximate surface area is 97.5 Å². The summed E-state index contributed by atoms with van der Waals surface area (Å²) in [4.78, 5) is 4.39. The first-order chi connectivity index (χ1) is 7.56. The molecule has 1 heteroatoms. The quantitative estimate of drug-likeness (QED) is 0.728. The van der Waals surface area contributed by atoms with Gasteiger partial charge in [0.15, 0.2) is 0 Å². The van der Waals surface area contributed by atoms with E-state index < -0.39 is 0 Å². The van der Waals surface area contributed by atoms with Crippen LogP contribution in [-0.2, 0) is 6.42 Å². The van der Waals surface area contributed by atoms with Crippen LogP contribution in [0.2, 0.25) is 0 Å². The predicted molar refractivity (Wildman–Crippen MR) is 69.5 cm³/mol. The van der Waals surface area contributed by atoms with E-state index in [1.165, 1.54) is 17.4 Å². The van der Waals surface area contributed by atoms with Crippen molar-refractivity contribution in [1.82, 2.24) is 4.98 Å². The summed E-state index contributed by atoms with van der Waals surface area (Å²) in [7, 11) is 0. The van der Waals surface area contributed by atoms with Gasteiger partial charge >= 0.3 is 0 Å². The third kappa shape index (κ3) is 2.60. The molecule has 0 unspecified atom stereocenters. The number of hydrogen-bond acceptors (Lipinski definition) is 1. The summed E-state index contributed by atoms with van der Waals surface area (Å²) in [6.07, 6.45) is 4.20. The number of aryl methyl sites for hydroxylation is 1. The fraction of sp³-hybridized carbons (Fsp3) is 0.400. The van der Waals surface area contributed by atoms with E-state index in [1.807, 2.05) is 12.3 Å². The molecule has 0 radical (unpaired) electrons. The zero-order chi connectivity index (χ0) is 11.6. The van der Waals surface area contributed by atoms with Crippen molar-refractivity contribution in [3.8, 4) is 0 Å². The second-order valence-electron chi connectivity index (χ2n) is 5.55. The van der Waals surface area contributed by atoms with Gasteiger partial charge in [-0.15, -0.1) is 0 Å². The normalized spacial score (nSPS) is 11.9. The zero-order valence-corrected chi connectivity index (χ0v) is 10.3. The van der Waals surface area contributed by atoms with Gasteiger partial charge in [-0.2, -0.15) is 0 Å². The fourth-order valence-corrected chi connectivity index (χ4v) is 1.89. The Morgan fingerprint density at radius 2 is 1.88 bits per heavy atom. The maximum atomic E-state index is 4.39. The van der Waals surface area contributed by atoms with Gasteiger partial charge < -0.3 is 0 Å². The highest BCUT2D eigenvalue weighted by Crippen LogP contribution is 2.24. The van der Waals surface area contributed by atoms with Crippen LogP contribution in [0.5, 0.6) is 0 Å². The molecule has 0 saturated carbocycles. The molecular weight excluding hydrogens is 194 g/mol. The van der Waals surface area contributed by atoms with Crippen molar-refractivity contribution >= 4 is 10.9 Å². The molecule has 84 valence electrons. The Balaban J connectivity index is 2.30. The van der Waals surface area contributed by atoms with Gasteiger partial charge in [-0.25, -0.2) is 0 Å². The first-order valence-corrected chi connectivity index (χ1v) is 5.89. The highest BCUT2D eigenvalue weighted by Gasteiger charge is 2.11. The second kappa shape index (κ2) is 4.25. The molecule has 0 amide bonds. The first-order valence-electron chi connectivity index (χ1n) is 5.89. The molecule has 0 aliphatic rings. The molecule has 0 atom stereocenters. The largest absolute Gasteiger partial charge is 0.256 e. The Hall–Kier alpha value is -1.37. The van der Waals surface area contributed by atoms with Gasteiger partial charge in [0.05, 0.1) is 5.52 Å². The van der Waals surface area contributed by atoms with Crippen LogP contribution in [0.15, 0.2) is 36.5 Å². The van der Waals surface area contributed by atoms with Crippen LogP contribution in [-0.4, -0.2) is 4.98 Å². The summed E-state index contributed by atoms with van der Waals surface area (Å²) in [5, 5.41) is 1.30. The lowest BCUT2D eigenvalue weighted by atomic mass is 9.88. The van der Waals surface area contributed by atoms with Gasteiger partial charge in [0.25, 0.3) is 0 Å². The molecular formula is C15H19N. The molecule has 1 aromatic heterocycles. The van der Waals surface area contributed by atoms with Crippen molar-refractivity contribution in [2.45, 2.75) is 33.6 Å². The minimum atomic E-state index is 0.393. The van der Waals surface area contributed by atoms with Crippen LogP contribution in [0.4, 0.5) is 0 Å². The SMILES string of the molecule is CC(C)(C)CCc1cccc2ncccc12. The van der Waals surface area contributed by atoms with Crippen LogP contribution < -0.4 is 0 Å². The van der Waals surface area contributed by atoms with Gasteiger partial charge in [-0.05, 0) is 36.0 Å². The van der Waals surface area contributed by atoms with E-state index in [-0.39, 0.29) is 0 Å². The lowest BCUT2D eigenvalue weighted by Gasteiger charge is -2.18. The molecule has 2 rings (SSSR count). The summed E-state index contributed by atoms with van der Waals surface area (Å²) in [6.45, 7) is 6.86. The van der Waals surface area contributed by atoms with Crippen LogP contribution in [0.25, 0.3) is 10.9 Å². The third-order valence-corrected chi connectivity index (χ3v) is 2.88. The predicted octanol–water partition coefficient (Wildman–Crippen LogP) is 4.21. The number of pyridine rings is 1. The van der Waals surface area contributed by atoms with Crippen molar-refractivity contribution < 1.29 is 0 Å². The average Bonchev–Trinajstić information content (AvgIpc) is 2.25. The molecule has 0 spiro atoms. The molecule has 2 aromatic rings. The van der Waals surface area contributed by atoms with Crippen LogP contribution in [0.1, 0.15) is 32.8 Å². The van der Waals surface area contributed by atoms with E-state index in [0.717, 1.165) is 11.9 Å². The van der Waals surface area contributed by atoms with Gasteiger partial charge in [-0.1, -0.05) is 39.0 Å². The van der Waals surface area contributed by atoms with Crippen molar-refractivity contribution in [1.29, 1.82) is 0 Å². The maximum absolute atomic E-state index is 4.39. The molecule has 1 nitrogen and oxygen atoms in total. The highest BCUT2D eigenvalue weighted by molar-refractivity contribution is 5.81. The summed E-state index contributed by atoms with van der Waals surface area (Å²) < 4.78 is 0. The summed E-state index contributed by atoms with van der Waals surface area (Å²) in [5.41, 5.74) is 2.92. The monoisotopic (exact) mass is 213 g/mol. The van der Waals surface area contributed by atoms with E-state index >= 15 is 0 Å². The van der Waals surface area contributed by atoms with Crippen molar-refractivity contribution in [3.63, 3.8) is 0 Å². The van der Waals surface area contributed by atoms with Gasteiger partial charge in [-0.3, -0.25) is 4.98 Å². The molecule has 0 aliphatic carbocycles. The molecule has 0 N–H and O–H groups in total. The van der Waals surface area contributed by atoms with Gasteiger partial charge in [0.1, 0.15) is 0 Å². The minimum Gasteiger partial charge on any atom is -0.256 e. The number of hydrogen-bond donors (Lipinski definition) is 0. The summed E-state index contributed by atoms with van der Waals surface area (Å²) in [6, 6.07) is 10.6. The molecule has 0 fully saturated rings. The van der Waals surface area contributed by atoms with Crippen LogP contribution in [0, 0.1) is 5.41 Å². The van der Waals surface area contributed by atoms with Gasteiger partial charge in [0, 0.05) is 11.6 Å². The molecule has 0 saturated heterocycles. The van der Waals surface area contributed by atoms with E-state index in [0.29, 0.717) is 5.41 Å². The smallest absolute Gasteiger partial charge is 0.0704 e. The van der Waals surface area contributed by atoms with Crippen molar-refractivity contribution in [2.75, 3.05) is 0 Å². The maximum Gasteiger partial charge on any atom is 0.0704 e. The minimum absolute atomic E-state index is 0.393. The Bertz CT molecular complexity index is 475. The Kier molecular flexibility index (Phi) is 2.95. The summed E-state index contributed by atoms with van der Waals surface area (Å²) >= 11 is 0.